The zero-order valence-corrected chi connectivity index (χ0v) is 10.7. The molecule has 6 heteroatoms. The molecule has 0 bridgehead atoms. The van der Waals surface area contributed by atoms with E-state index < -0.39 is 0 Å². The molecule has 0 saturated carbocycles. The van der Waals surface area contributed by atoms with Crippen LogP contribution in [0.4, 0.5) is 5.69 Å². The van der Waals surface area contributed by atoms with Crippen LogP contribution in [0.1, 0.15) is 5.82 Å². The van der Waals surface area contributed by atoms with E-state index in [0.717, 1.165) is 5.56 Å². The lowest BCUT2D eigenvalue weighted by Crippen LogP contribution is -1.98. The molecule has 20 heavy (non-hydrogen) atoms. The third kappa shape index (κ3) is 2.74. The summed E-state index contributed by atoms with van der Waals surface area (Å²) in [4.78, 5) is 8.33. The van der Waals surface area contributed by atoms with Gasteiger partial charge >= 0.3 is 0 Å². The number of aromatic nitrogens is 4. The third-order valence-electron chi connectivity index (χ3n) is 2.70. The van der Waals surface area contributed by atoms with Crippen LogP contribution < -0.4 is 10.5 Å². The first-order valence-corrected chi connectivity index (χ1v) is 6.11. The molecule has 2 aromatic heterocycles. The normalized spacial score (nSPS) is 10.4. The van der Waals surface area contributed by atoms with E-state index in [9.17, 15) is 0 Å². The van der Waals surface area contributed by atoms with Crippen LogP contribution >= 0.6 is 0 Å². The van der Waals surface area contributed by atoms with E-state index in [1.54, 1.807) is 18.5 Å². The van der Waals surface area contributed by atoms with Crippen LogP contribution in [0.15, 0.2) is 48.8 Å². The molecular weight excluding hydrogens is 254 g/mol. The second-order valence-corrected chi connectivity index (χ2v) is 4.20. The fourth-order valence-electron chi connectivity index (χ4n) is 1.75. The predicted molar refractivity (Wildman–Crippen MR) is 74.8 cm³/mol. The number of anilines is 1. The Morgan fingerprint density at radius 1 is 1.15 bits per heavy atom. The van der Waals surface area contributed by atoms with Crippen molar-refractivity contribution >= 4 is 5.69 Å². The molecule has 0 aliphatic heterocycles. The van der Waals surface area contributed by atoms with Gasteiger partial charge in [-0.05, 0) is 24.3 Å². The minimum absolute atomic E-state index is 0.307. The number of ether oxygens (including phenoxy) is 1. The molecule has 1 aromatic carbocycles. The molecule has 3 rings (SSSR count). The number of hydrogen-bond acceptors (Lipinski definition) is 5. The number of nitrogens with one attached hydrogen (secondary N) is 1. The van der Waals surface area contributed by atoms with E-state index in [1.807, 2.05) is 30.3 Å². The van der Waals surface area contributed by atoms with Crippen LogP contribution in [0.25, 0.3) is 11.4 Å². The second-order valence-electron chi connectivity index (χ2n) is 4.20. The highest BCUT2D eigenvalue weighted by Gasteiger charge is 2.06. The number of nitrogens with zero attached hydrogens (tertiary/aromatic N) is 3. The van der Waals surface area contributed by atoms with Crippen molar-refractivity contribution in [1.82, 2.24) is 20.2 Å². The predicted octanol–water partition coefficient (Wildman–Crippen LogP) is 2.03. The largest absolute Gasteiger partial charge is 0.486 e. The minimum Gasteiger partial charge on any atom is -0.486 e. The van der Waals surface area contributed by atoms with Gasteiger partial charge in [0.2, 0.25) is 0 Å². The van der Waals surface area contributed by atoms with Crippen molar-refractivity contribution in [3.05, 3.63) is 54.6 Å². The maximum Gasteiger partial charge on any atom is 0.181 e. The summed E-state index contributed by atoms with van der Waals surface area (Å²) in [5.41, 5.74) is 7.26. The third-order valence-corrected chi connectivity index (χ3v) is 2.70. The van der Waals surface area contributed by atoms with Crippen LogP contribution in [-0.4, -0.2) is 20.2 Å². The van der Waals surface area contributed by atoms with Crippen molar-refractivity contribution in [2.45, 2.75) is 6.61 Å². The van der Waals surface area contributed by atoms with E-state index in [4.69, 9.17) is 10.5 Å². The highest BCUT2D eigenvalue weighted by Crippen LogP contribution is 2.16. The molecule has 0 fully saturated rings. The first-order valence-electron chi connectivity index (χ1n) is 6.11. The first-order chi connectivity index (χ1) is 9.81. The number of hydrogen-bond donors (Lipinski definition) is 2. The highest BCUT2D eigenvalue weighted by molar-refractivity contribution is 5.52. The minimum atomic E-state index is 0.307. The van der Waals surface area contributed by atoms with Gasteiger partial charge < -0.3 is 10.5 Å². The Bertz CT molecular complexity index is 696. The lowest BCUT2D eigenvalue weighted by molar-refractivity contribution is 0.296. The Morgan fingerprint density at radius 3 is 2.80 bits per heavy atom. The average Bonchev–Trinajstić information content (AvgIpc) is 2.95. The molecule has 0 aliphatic carbocycles. The lowest BCUT2D eigenvalue weighted by atomic mass is 10.2. The molecule has 0 radical (unpaired) electrons. The Kier molecular flexibility index (Phi) is 3.28. The van der Waals surface area contributed by atoms with Gasteiger partial charge in [0.15, 0.2) is 11.6 Å². The molecule has 2 heterocycles. The van der Waals surface area contributed by atoms with Crippen LogP contribution in [0, 0.1) is 0 Å². The Labute approximate surface area is 115 Å². The van der Waals surface area contributed by atoms with E-state index in [2.05, 4.69) is 20.2 Å². The maximum absolute atomic E-state index is 5.69. The average molecular weight is 267 g/mol. The molecule has 3 aromatic rings. The summed E-state index contributed by atoms with van der Waals surface area (Å²) in [6.45, 7) is 0.307. The monoisotopic (exact) mass is 267 g/mol. The van der Waals surface area contributed by atoms with Crippen LogP contribution in [0.3, 0.4) is 0 Å². The SMILES string of the molecule is Nc1cccc(OCc2nc(-c3ccncc3)n[nH]2)c1. The first kappa shape index (κ1) is 12.2. The smallest absolute Gasteiger partial charge is 0.181 e. The highest BCUT2D eigenvalue weighted by atomic mass is 16.5. The van der Waals surface area contributed by atoms with Crippen LogP contribution in [-0.2, 0) is 6.61 Å². The molecule has 0 amide bonds. The molecular formula is C14H13N5O. The Morgan fingerprint density at radius 2 is 2.00 bits per heavy atom. The molecule has 3 N–H and O–H groups in total. The zero-order valence-electron chi connectivity index (χ0n) is 10.7. The number of rotatable bonds is 4. The summed E-state index contributed by atoms with van der Waals surface area (Å²) in [6.07, 6.45) is 3.41. The maximum atomic E-state index is 5.69. The Hall–Kier alpha value is -2.89. The quantitative estimate of drug-likeness (QED) is 0.706. The van der Waals surface area contributed by atoms with Crippen molar-refractivity contribution in [3.8, 4) is 17.1 Å². The molecule has 0 aliphatic rings. The van der Waals surface area contributed by atoms with Gasteiger partial charge in [0.05, 0.1) is 0 Å². The van der Waals surface area contributed by atoms with Crippen molar-refractivity contribution in [2.24, 2.45) is 0 Å². The van der Waals surface area contributed by atoms with E-state index in [-0.39, 0.29) is 0 Å². The van der Waals surface area contributed by atoms with Crippen molar-refractivity contribution in [1.29, 1.82) is 0 Å². The molecule has 0 unspecified atom stereocenters. The summed E-state index contributed by atoms with van der Waals surface area (Å²) >= 11 is 0. The second kappa shape index (κ2) is 5.40. The van der Waals surface area contributed by atoms with E-state index in [1.165, 1.54) is 0 Å². The van der Waals surface area contributed by atoms with Gasteiger partial charge in [-0.1, -0.05) is 6.07 Å². The number of aromatic amines is 1. The topological polar surface area (TPSA) is 89.7 Å². The summed E-state index contributed by atoms with van der Waals surface area (Å²) in [7, 11) is 0. The summed E-state index contributed by atoms with van der Waals surface area (Å²) in [5, 5.41) is 7.00. The van der Waals surface area contributed by atoms with E-state index >= 15 is 0 Å². The summed E-state index contributed by atoms with van der Waals surface area (Å²) in [6, 6.07) is 11.0. The number of nitrogens with two attached hydrogens (primary N) is 1. The standard InChI is InChI=1S/C14H13N5O/c15-11-2-1-3-12(8-11)20-9-13-17-14(19-18-13)10-4-6-16-7-5-10/h1-8H,9,15H2,(H,17,18,19). The van der Waals surface area contributed by atoms with E-state index in [0.29, 0.717) is 29.7 Å². The van der Waals surface area contributed by atoms with Gasteiger partial charge in [0.25, 0.3) is 0 Å². The van der Waals surface area contributed by atoms with Crippen LogP contribution in [0.2, 0.25) is 0 Å². The van der Waals surface area contributed by atoms with Gasteiger partial charge in [-0.2, -0.15) is 5.10 Å². The molecule has 0 saturated heterocycles. The van der Waals surface area contributed by atoms with Crippen molar-refractivity contribution < 1.29 is 4.74 Å². The summed E-state index contributed by atoms with van der Waals surface area (Å²) in [5.74, 6) is 1.98. The number of H-pyrrole nitrogens is 1. The van der Waals surface area contributed by atoms with Crippen LogP contribution in [0.5, 0.6) is 5.75 Å². The van der Waals surface area contributed by atoms with Gasteiger partial charge in [0.1, 0.15) is 12.4 Å². The number of pyridine rings is 1. The van der Waals surface area contributed by atoms with Gasteiger partial charge in [-0.3, -0.25) is 10.1 Å². The fourth-order valence-corrected chi connectivity index (χ4v) is 1.75. The summed E-state index contributed by atoms with van der Waals surface area (Å²) < 4.78 is 5.60. The van der Waals surface area contributed by atoms with Gasteiger partial charge in [-0.25, -0.2) is 4.98 Å². The van der Waals surface area contributed by atoms with Crippen molar-refractivity contribution in [2.75, 3.05) is 5.73 Å². The van der Waals surface area contributed by atoms with Gasteiger partial charge in [0, 0.05) is 29.7 Å². The number of benzene rings is 1. The molecule has 100 valence electrons. The number of nitrogen functional groups attached to an aromatic ring is 1. The molecule has 0 spiro atoms. The van der Waals surface area contributed by atoms with Gasteiger partial charge in [-0.15, -0.1) is 0 Å². The lowest BCUT2D eigenvalue weighted by Gasteiger charge is -2.03. The van der Waals surface area contributed by atoms with Crippen molar-refractivity contribution in [3.63, 3.8) is 0 Å². The Balaban J connectivity index is 1.69. The molecule has 6 nitrogen and oxygen atoms in total. The zero-order chi connectivity index (χ0) is 13.8. The fraction of sp³-hybridized carbons (Fsp3) is 0.0714. The molecule has 0 atom stereocenters.